The van der Waals surface area contributed by atoms with E-state index in [1.807, 2.05) is 0 Å². The number of carbonyl (C=O) groups excluding carboxylic acids is 2. The minimum atomic E-state index is -1.37. The fourth-order valence-electron chi connectivity index (χ4n) is 1.58. The summed E-state index contributed by atoms with van der Waals surface area (Å²) in [6.07, 6.45) is 0. The van der Waals surface area contributed by atoms with E-state index in [1.54, 1.807) is 47.8 Å². The molecule has 2 rings (SSSR count). The molecule has 0 saturated carbocycles. The Balaban J connectivity index is 2.14. The molecule has 1 heterocycles. The standard InChI is InChI=1S/C14H9ClN2O2S/c15-9-3-1-4-10(7-9)17-14(19)11(8-16)13(18)12-5-2-6-20-12/h1-7,11H,(H,17,19)/t11-/m0/s1. The van der Waals surface area contributed by atoms with Gasteiger partial charge in [0.15, 0.2) is 11.7 Å². The number of nitrogens with zero attached hydrogens (tertiary/aromatic N) is 1. The summed E-state index contributed by atoms with van der Waals surface area (Å²) in [5, 5.41) is 13.7. The van der Waals surface area contributed by atoms with Crippen molar-refractivity contribution in [3.05, 3.63) is 51.7 Å². The fraction of sp³-hybridized carbons (Fsp3) is 0.0714. The lowest BCUT2D eigenvalue weighted by Gasteiger charge is -2.08. The topological polar surface area (TPSA) is 70.0 Å². The van der Waals surface area contributed by atoms with Gasteiger partial charge in [0.25, 0.3) is 0 Å². The molecule has 6 heteroatoms. The zero-order chi connectivity index (χ0) is 14.5. The molecule has 0 saturated heterocycles. The van der Waals surface area contributed by atoms with E-state index in [-0.39, 0.29) is 0 Å². The molecule has 1 aromatic carbocycles. The third kappa shape index (κ3) is 3.23. The lowest BCUT2D eigenvalue weighted by molar-refractivity contribution is -0.117. The maximum Gasteiger partial charge on any atom is 0.249 e. The van der Waals surface area contributed by atoms with E-state index in [1.165, 1.54) is 11.3 Å². The van der Waals surface area contributed by atoms with Gasteiger partial charge in [-0.25, -0.2) is 0 Å². The number of hydrogen-bond acceptors (Lipinski definition) is 4. The third-order valence-corrected chi connectivity index (χ3v) is 3.63. The predicted octanol–water partition coefficient (Wildman–Crippen LogP) is 3.36. The van der Waals surface area contributed by atoms with Crippen LogP contribution in [0.5, 0.6) is 0 Å². The smallest absolute Gasteiger partial charge is 0.249 e. The number of nitriles is 1. The van der Waals surface area contributed by atoms with Gasteiger partial charge in [-0.2, -0.15) is 5.26 Å². The first kappa shape index (κ1) is 14.3. The highest BCUT2D eigenvalue weighted by Crippen LogP contribution is 2.18. The molecule has 0 aliphatic rings. The molecule has 0 bridgehead atoms. The summed E-state index contributed by atoms with van der Waals surface area (Å²) in [6, 6.07) is 11.5. The first-order chi connectivity index (χ1) is 9.61. The van der Waals surface area contributed by atoms with Crippen LogP contribution in [0.25, 0.3) is 0 Å². The number of thiophene rings is 1. The maximum absolute atomic E-state index is 12.0. The number of hydrogen-bond donors (Lipinski definition) is 1. The lowest BCUT2D eigenvalue weighted by Crippen LogP contribution is -2.28. The first-order valence-electron chi connectivity index (χ1n) is 5.65. The van der Waals surface area contributed by atoms with Crippen molar-refractivity contribution in [3.63, 3.8) is 0 Å². The van der Waals surface area contributed by atoms with Gasteiger partial charge in [-0.15, -0.1) is 11.3 Å². The van der Waals surface area contributed by atoms with Crippen molar-refractivity contribution >= 4 is 40.3 Å². The Labute approximate surface area is 124 Å². The predicted molar refractivity (Wildman–Crippen MR) is 77.8 cm³/mol. The van der Waals surface area contributed by atoms with E-state index >= 15 is 0 Å². The van der Waals surface area contributed by atoms with Crippen LogP contribution >= 0.6 is 22.9 Å². The molecule has 0 aliphatic carbocycles. The van der Waals surface area contributed by atoms with E-state index in [9.17, 15) is 9.59 Å². The minimum absolute atomic E-state index is 0.387. The van der Waals surface area contributed by atoms with Gasteiger partial charge < -0.3 is 5.32 Å². The Kier molecular flexibility index (Phi) is 4.51. The summed E-state index contributed by atoms with van der Waals surface area (Å²) in [5.41, 5.74) is 0.446. The van der Waals surface area contributed by atoms with E-state index in [0.717, 1.165) is 0 Å². The van der Waals surface area contributed by atoms with Crippen molar-refractivity contribution in [2.24, 2.45) is 5.92 Å². The van der Waals surface area contributed by atoms with E-state index < -0.39 is 17.6 Å². The van der Waals surface area contributed by atoms with Crippen LogP contribution in [0.1, 0.15) is 9.67 Å². The van der Waals surface area contributed by atoms with Crippen LogP contribution in [0.3, 0.4) is 0 Å². The number of nitrogens with one attached hydrogen (secondary N) is 1. The second kappa shape index (κ2) is 6.33. The van der Waals surface area contributed by atoms with Crippen molar-refractivity contribution in [2.75, 3.05) is 5.32 Å². The summed E-state index contributed by atoms with van der Waals surface area (Å²) >= 11 is 7.00. The molecule has 20 heavy (non-hydrogen) atoms. The summed E-state index contributed by atoms with van der Waals surface area (Å²) in [7, 11) is 0. The molecule has 0 radical (unpaired) electrons. The van der Waals surface area contributed by atoms with Gasteiger partial charge in [-0.3, -0.25) is 9.59 Å². The summed E-state index contributed by atoms with van der Waals surface area (Å²) in [5.74, 6) is -2.53. The van der Waals surface area contributed by atoms with Crippen LogP contribution in [0, 0.1) is 17.2 Å². The zero-order valence-electron chi connectivity index (χ0n) is 10.2. The average Bonchev–Trinajstić information content (AvgIpc) is 2.93. The maximum atomic E-state index is 12.0. The van der Waals surface area contributed by atoms with E-state index in [4.69, 9.17) is 16.9 Å². The van der Waals surface area contributed by atoms with Gasteiger partial charge in [0.2, 0.25) is 5.91 Å². The second-order valence-electron chi connectivity index (χ2n) is 3.90. The molecule has 1 N–H and O–H groups in total. The Morgan fingerprint density at radius 1 is 1.30 bits per heavy atom. The summed E-state index contributed by atoms with van der Waals surface area (Å²) < 4.78 is 0. The molecular weight excluding hydrogens is 296 g/mol. The molecule has 1 atom stereocenters. The van der Waals surface area contributed by atoms with Gasteiger partial charge in [-0.1, -0.05) is 23.7 Å². The molecule has 0 spiro atoms. The number of amides is 1. The molecule has 1 aromatic heterocycles. The monoisotopic (exact) mass is 304 g/mol. The molecule has 4 nitrogen and oxygen atoms in total. The zero-order valence-corrected chi connectivity index (χ0v) is 11.7. The van der Waals surface area contributed by atoms with Crippen molar-refractivity contribution in [3.8, 4) is 6.07 Å². The van der Waals surface area contributed by atoms with Crippen LogP contribution in [-0.4, -0.2) is 11.7 Å². The minimum Gasteiger partial charge on any atom is -0.324 e. The van der Waals surface area contributed by atoms with Crippen LogP contribution in [-0.2, 0) is 4.79 Å². The van der Waals surface area contributed by atoms with Crippen LogP contribution in [0.2, 0.25) is 5.02 Å². The summed E-state index contributed by atoms with van der Waals surface area (Å²) in [4.78, 5) is 24.4. The van der Waals surface area contributed by atoms with Gasteiger partial charge in [-0.05, 0) is 29.6 Å². The van der Waals surface area contributed by atoms with Gasteiger partial charge in [0.05, 0.1) is 10.9 Å². The van der Waals surface area contributed by atoms with Crippen molar-refractivity contribution in [2.45, 2.75) is 0 Å². The van der Waals surface area contributed by atoms with Gasteiger partial charge >= 0.3 is 0 Å². The first-order valence-corrected chi connectivity index (χ1v) is 6.91. The van der Waals surface area contributed by atoms with Crippen LogP contribution in [0.15, 0.2) is 41.8 Å². The molecule has 0 fully saturated rings. The molecular formula is C14H9ClN2O2S. The SMILES string of the molecule is N#C[C@H](C(=O)Nc1cccc(Cl)c1)C(=O)c1cccs1. The Morgan fingerprint density at radius 3 is 2.70 bits per heavy atom. The number of benzene rings is 1. The number of halogens is 1. The number of Topliss-reactive ketones (excluding diaryl/α,β-unsaturated/α-hetero) is 1. The second-order valence-corrected chi connectivity index (χ2v) is 5.29. The molecule has 0 unspecified atom stereocenters. The number of anilines is 1. The summed E-state index contributed by atoms with van der Waals surface area (Å²) in [6.45, 7) is 0. The highest BCUT2D eigenvalue weighted by molar-refractivity contribution is 7.12. The highest BCUT2D eigenvalue weighted by Gasteiger charge is 2.28. The number of ketones is 1. The normalized spacial score (nSPS) is 11.4. The van der Waals surface area contributed by atoms with Crippen LogP contribution in [0.4, 0.5) is 5.69 Å². The molecule has 100 valence electrons. The molecule has 2 aromatic rings. The van der Waals surface area contributed by atoms with Crippen molar-refractivity contribution in [1.29, 1.82) is 5.26 Å². The Morgan fingerprint density at radius 2 is 2.10 bits per heavy atom. The third-order valence-electron chi connectivity index (χ3n) is 2.51. The average molecular weight is 305 g/mol. The lowest BCUT2D eigenvalue weighted by atomic mass is 10.0. The van der Waals surface area contributed by atoms with Crippen LogP contribution < -0.4 is 5.32 Å². The van der Waals surface area contributed by atoms with Gasteiger partial charge in [0.1, 0.15) is 0 Å². The number of carbonyl (C=O) groups is 2. The Bertz CT molecular complexity index is 677. The molecule has 0 aliphatic heterocycles. The highest BCUT2D eigenvalue weighted by atomic mass is 35.5. The molecule has 1 amide bonds. The largest absolute Gasteiger partial charge is 0.324 e. The van der Waals surface area contributed by atoms with Crippen molar-refractivity contribution < 1.29 is 9.59 Å². The van der Waals surface area contributed by atoms with E-state index in [0.29, 0.717) is 15.6 Å². The quantitative estimate of drug-likeness (QED) is 0.695. The number of rotatable bonds is 4. The fourth-order valence-corrected chi connectivity index (χ4v) is 2.46. The van der Waals surface area contributed by atoms with Crippen molar-refractivity contribution in [1.82, 2.24) is 0 Å². The Hall–Kier alpha value is -2.16. The van der Waals surface area contributed by atoms with Gasteiger partial charge in [0, 0.05) is 10.7 Å². The van der Waals surface area contributed by atoms with E-state index in [2.05, 4.69) is 5.32 Å².